The predicted molar refractivity (Wildman–Crippen MR) is 61.9 cm³/mol. The fourth-order valence-electron chi connectivity index (χ4n) is 1.71. The van der Waals surface area contributed by atoms with Crippen molar-refractivity contribution in [3.8, 4) is 11.3 Å². The maximum absolute atomic E-state index is 13.8. The van der Waals surface area contributed by atoms with Crippen molar-refractivity contribution < 1.29 is 4.39 Å². The van der Waals surface area contributed by atoms with E-state index >= 15 is 0 Å². The van der Waals surface area contributed by atoms with Gasteiger partial charge in [0, 0.05) is 11.6 Å². The summed E-state index contributed by atoms with van der Waals surface area (Å²) in [7, 11) is 0. The third kappa shape index (κ3) is 2.04. The van der Waals surface area contributed by atoms with Crippen LogP contribution in [-0.2, 0) is 0 Å². The van der Waals surface area contributed by atoms with Crippen molar-refractivity contribution in [3.63, 3.8) is 0 Å². The third-order valence-corrected chi connectivity index (χ3v) is 2.53. The second kappa shape index (κ2) is 4.18. The lowest BCUT2D eigenvalue weighted by atomic mass is 10.0. The van der Waals surface area contributed by atoms with Gasteiger partial charge in [-0.1, -0.05) is 17.7 Å². The van der Waals surface area contributed by atoms with Crippen molar-refractivity contribution in [1.29, 1.82) is 0 Å². The molecule has 2 rings (SSSR count). The lowest BCUT2D eigenvalue weighted by Gasteiger charge is -2.07. The molecule has 4 heteroatoms. The zero-order chi connectivity index (χ0) is 11.7. The molecule has 0 spiro atoms. The Hall–Kier alpha value is -1.48. The molecule has 2 aromatic rings. The Morgan fingerprint density at radius 3 is 2.50 bits per heavy atom. The van der Waals surface area contributed by atoms with E-state index in [9.17, 15) is 4.39 Å². The average molecular weight is 237 g/mol. The van der Waals surface area contributed by atoms with Crippen LogP contribution in [0.5, 0.6) is 0 Å². The SMILES string of the molecule is Cc1cc(C)c(-c2cc(Cl)ncn2)c(F)c1. The van der Waals surface area contributed by atoms with Crippen LogP contribution < -0.4 is 0 Å². The fraction of sp³-hybridized carbons (Fsp3) is 0.167. The molecule has 0 radical (unpaired) electrons. The molecular formula is C12H10ClFN2. The molecule has 0 fully saturated rings. The first kappa shape index (κ1) is 11.0. The number of aryl methyl sites for hydroxylation is 2. The van der Waals surface area contributed by atoms with Crippen molar-refractivity contribution in [2.75, 3.05) is 0 Å². The number of benzene rings is 1. The van der Waals surface area contributed by atoms with Crippen molar-refractivity contribution >= 4 is 11.6 Å². The molecular weight excluding hydrogens is 227 g/mol. The van der Waals surface area contributed by atoms with Crippen molar-refractivity contribution in [2.45, 2.75) is 13.8 Å². The predicted octanol–water partition coefficient (Wildman–Crippen LogP) is 3.55. The van der Waals surface area contributed by atoms with Crippen LogP contribution in [0.15, 0.2) is 24.5 Å². The van der Waals surface area contributed by atoms with Gasteiger partial charge in [-0.15, -0.1) is 0 Å². The topological polar surface area (TPSA) is 25.8 Å². The van der Waals surface area contributed by atoms with Crippen LogP contribution in [0.3, 0.4) is 0 Å². The minimum absolute atomic E-state index is 0.285. The zero-order valence-electron chi connectivity index (χ0n) is 8.96. The van der Waals surface area contributed by atoms with Gasteiger partial charge in [0.15, 0.2) is 0 Å². The lowest BCUT2D eigenvalue weighted by molar-refractivity contribution is 0.628. The van der Waals surface area contributed by atoms with Crippen molar-refractivity contribution in [2.24, 2.45) is 0 Å². The second-order valence-corrected chi connectivity index (χ2v) is 4.05. The molecule has 0 amide bonds. The van der Waals surface area contributed by atoms with E-state index in [1.807, 2.05) is 19.9 Å². The molecule has 1 heterocycles. The van der Waals surface area contributed by atoms with Crippen LogP contribution in [-0.4, -0.2) is 9.97 Å². The number of aromatic nitrogens is 2. The number of halogens is 2. The molecule has 0 aliphatic carbocycles. The molecule has 0 saturated heterocycles. The molecule has 0 N–H and O–H groups in total. The number of nitrogens with zero attached hydrogens (tertiary/aromatic N) is 2. The molecule has 1 aromatic carbocycles. The van der Waals surface area contributed by atoms with Gasteiger partial charge in [-0.25, -0.2) is 14.4 Å². The maximum Gasteiger partial charge on any atom is 0.133 e. The summed E-state index contributed by atoms with van der Waals surface area (Å²) in [5, 5.41) is 0.310. The van der Waals surface area contributed by atoms with Crippen molar-refractivity contribution in [1.82, 2.24) is 9.97 Å². The molecule has 0 aliphatic heterocycles. The number of hydrogen-bond donors (Lipinski definition) is 0. The van der Waals surface area contributed by atoms with Gasteiger partial charge < -0.3 is 0 Å². The Kier molecular flexibility index (Phi) is 2.88. The first-order valence-electron chi connectivity index (χ1n) is 4.82. The average Bonchev–Trinajstić information content (AvgIpc) is 2.15. The largest absolute Gasteiger partial charge is 0.236 e. The van der Waals surface area contributed by atoms with E-state index < -0.39 is 0 Å². The number of rotatable bonds is 1. The Balaban J connectivity index is 2.64. The molecule has 1 aromatic heterocycles. The molecule has 0 saturated carbocycles. The van der Waals surface area contributed by atoms with Crippen molar-refractivity contribution in [3.05, 3.63) is 46.6 Å². The van der Waals surface area contributed by atoms with Gasteiger partial charge in [0.2, 0.25) is 0 Å². The van der Waals surface area contributed by atoms with E-state index in [0.717, 1.165) is 11.1 Å². The van der Waals surface area contributed by atoms with Gasteiger partial charge in [0.25, 0.3) is 0 Å². The van der Waals surface area contributed by atoms with Gasteiger partial charge >= 0.3 is 0 Å². The summed E-state index contributed by atoms with van der Waals surface area (Å²) in [6.07, 6.45) is 1.33. The van der Waals surface area contributed by atoms with E-state index in [1.165, 1.54) is 12.4 Å². The summed E-state index contributed by atoms with van der Waals surface area (Å²) in [6.45, 7) is 3.70. The Bertz CT molecular complexity index is 517. The minimum Gasteiger partial charge on any atom is -0.236 e. The standard InChI is InChI=1S/C12H10ClFN2/c1-7-3-8(2)12(9(14)4-7)10-5-11(13)16-6-15-10/h3-6H,1-2H3. The highest BCUT2D eigenvalue weighted by Crippen LogP contribution is 2.26. The summed E-state index contributed by atoms with van der Waals surface area (Å²) < 4.78 is 13.8. The first-order chi connectivity index (χ1) is 7.58. The van der Waals surface area contributed by atoms with Crippen LogP contribution in [0.4, 0.5) is 4.39 Å². The van der Waals surface area contributed by atoms with Gasteiger partial charge in [-0.3, -0.25) is 0 Å². The monoisotopic (exact) mass is 236 g/mol. The van der Waals surface area contributed by atoms with E-state index in [4.69, 9.17) is 11.6 Å². The molecule has 0 bridgehead atoms. The van der Waals surface area contributed by atoms with E-state index in [2.05, 4.69) is 9.97 Å². The summed E-state index contributed by atoms with van der Waals surface area (Å²) in [4.78, 5) is 7.80. The van der Waals surface area contributed by atoms with Crippen LogP contribution in [0.2, 0.25) is 5.15 Å². The number of hydrogen-bond acceptors (Lipinski definition) is 2. The van der Waals surface area contributed by atoms with Gasteiger partial charge in [-0.2, -0.15) is 0 Å². The minimum atomic E-state index is -0.285. The Labute approximate surface area is 98.1 Å². The highest BCUT2D eigenvalue weighted by Gasteiger charge is 2.11. The zero-order valence-corrected chi connectivity index (χ0v) is 9.72. The van der Waals surface area contributed by atoms with Gasteiger partial charge in [0.05, 0.1) is 5.69 Å². The Morgan fingerprint density at radius 2 is 1.88 bits per heavy atom. The molecule has 0 unspecified atom stereocenters. The summed E-state index contributed by atoms with van der Waals surface area (Å²) >= 11 is 5.76. The lowest BCUT2D eigenvalue weighted by Crippen LogP contribution is -1.94. The van der Waals surface area contributed by atoms with E-state index in [-0.39, 0.29) is 5.82 Å². The highest BCUT2D eigenvalue weighted by molar-refractivity contribution is 6.29. The molecule has 82 valence electrons. The summed E-state index contributed by atoms with van der Waals surface area (Å²) in [5.74, 6) is -0.285. The van der Waals surface area contributed by atoms with Crippen LogP contribution in [0.25, 0.3) is 11.3 Å². The van der Waals surface area contributed by atoms with Crippen LogP contribution in [0, 0.1) is 19.7 Å². The molecule has 0 atom stereocenters. The maximum atomic E-state index is 13.8. The molecule has 16 heavy (non-hydrogen) atoms. The highest BCUT2D eigenvalue weighted by atomic mass is 35.5. The van der Waals surface area contributed by atoms with E-state index in [1.54, 1.807) is 6.07 Å². The summed E-state index contributed by atoms with van der Waals surface area (Å²) in [5.41, 5.74) is 2.72. The summed E-state index contributed by atoms with van der Waals surface area (Å²) in [6, 6.07) is 4.95. The first-order valence-corrected chi connectivity index (χ1v) is 5.20. The fourth-order valence-corrected chi connectivity index (χ4v) is 1.86. The normalized spacial score (nSPS) is 10.5. The van der Waals surface area contributed by atoms with Gasteiger partial charge in [0.1, 0.15) is 17.3 Å². The van der Waals surface area contributed by atoms with E-state index in [0.29, 0.717) is 16.4 Å². The van der Waals surface area contributed by atoms with Gasteiger partial charge in [-0.05, 0) is 31.0 Å². The van der Waals surface area contributed by atoms with Crippen LogP contribution in [0.1, 0.15) is 11.1 Å². The third-order valence-electron chi connectivity index (χ3n) is 2.32. The second-order valence-electron chi connectivity index (χ2n) is 3.66. The molecule has 0 aliphatic rings. The molecule has 2 nitrogen and oxygen atoms in total. The van der Waals surface area contributed by atoms with Crippen LogP contribution >= 0.6 is 11.6 Å². The quantitative estimate of drug-likeness (QED) is 0.708. The Morgan fingerprint density at radius 1 is 1.12 bits per heavy atom. The smallest absolute Gasteiger partial charge is 0.133 e.